The highest BCUT2D eigenvalue weighted by molar-refractivity contribution is 5.96. The molecule has 0 fully saturated rings. The molecule has 1 N–H and O–H groups in total. The lowest BCUT2D eigenvalue weighted by Gasteiger charge is -2.15. The highest BCUT2D eigenvalue weighted by atomic mass is 16.5. The van der Waals surface area contributed by atoms with E-state index in [4.69, 9.17) is 4.74 Å². The molecule has 0 unspecified atom stereocenters. The average molecular weight is 389 g/mol. The number of likely N-dealkylation sites (N-methyl/N-ethyl adjacent to an activating group) is 1. The maximum atomic E-state index is 9.71. The molecule has 3 aromatic rings. The maximum Gasteiger partial charge on any atom is 0.160 e. The van der Waals surface area contributed by atoms with E-state index >= 15 is 0 Å². The molecule has 0 amide bonds. The van der Waals surface area contributed by atoms with Crippen molar-refractivity contribution >= 4 is 11.1 Å². The van der Waals surface area contributed by atoms with E-state index in [0.717, 1.165) is 35.2 Å². The minimum absolute atomic E-state index is 0.233. The number of hydrogen-bond donors (Lipinski definition) is 1. The van der Waals surface area contributed by atoms with Gasteiger partial charge < -0.3 is 14.7 Å². The van der Waals surface area contributed by atoms with E-state index in [9.17, 15) is 5.11 Å². The zero-order valence-corrected chi connectivity index (χ0v) is 17.2. The molecule has 0 aliphatic heterocycles. The molecule has 0 radical (unpaired) electrons. The van der Waals surface area contributed by atoms with E-state index in [1.165, 1.54) is 0 Å². The number of nitrogens with zero attached hydrogens (tertiary/aromatic N) is 3. The summed E-state index contributed by atoms with van der Waals surface area (Å²) < 4.78 is 5.73. The van der Waals surface area contributed by atoms with Crippen molar-refractivity contribution in [3.8, 4) is 11.5 Å². The minimum atomic E-state index is 0.233. The van der Waals surface area contributed by atoms with Crippen molar-refractivity contribution in [1.29, 1.82) is 0 Å². The SMILES string of the molecule is CCC(=C(c1ccc(O)cc1)c1ncc(OCCN(C)C)cn1)c1ccccc1. The van der Waals surface area contributed by atoms with Gasteiger partial charge >= 0.3 is 0 Å². The van der Waals surface area contributed by atoms with Crippen molar-refractivity contribution < 1.29 is 9.84 Å². The minimum Gasteiger partial charge on any atom is -0.508 e. The summed E-state index contributed by atoms with van der Waals surface area (Å²) >= 11 is 0. The average Bonchev–Trinajstić information content (AvgIpc) is 2.74. The van der Waals surface area contributed by atoms with Crippen LogP contribution in [0.3, 0.4) is 0 Å². The lowest BCUT2D eigenvalue weighted by Crippen LogP contribution is -2.19. The Bertz CT molecular complexity index is 934. The third-order valence-corrected chi connectivity index (χ3v) is 4.59. The zero-order chi connectivity index (χ0) is 20.6. The fourth-order valence-electron chi connectivity index (χ4n) is 3.10. The molecule has 0 spiro atoms. The van der Waals surface area contributed by atoms with Crippen LogP contribution in [0.1, 0.15) is 30.3 Å². The molecule has 1 heterocycles. The van der Waals surface area contributed by atoms with Gasteiger partial charge in [0.1, 0.15) is 12.4 Å². The van der Waals surface area contributed by atoms with E-state index in [0.29, 0.717) is 18.2 Å². The largest absolute Gasteiger partial charge is 0.508 e. The van der Waals surface area contributed by atoms with Crippen LogP contribution in [0.25, 0.3) is 11.1 Å². The van der Waals surface area contributed by atoms with E-state index < -0.39 is 0 Å². The van der Waals surface area contributed by atoms with Crippen LogP contribution < -0.4 is 4.74 Å². The van der Waals surface area contributed by atoms with Gasteiger partial charge in [-0.2, -0.15) is 0 Å². The number of aromatic hydroxyl groups is 1. The third kappa shape index (κ3) is 5.42. The molecule has 0 atom stereocenters. The van der Waals surface area contributed by atoms with Gasteiger partial charge in [-0.15, -0.1) is 0 Å². The van der Waals surface area contributed by atoms with Gasteiger partial charge in [0.15, 0.2) is 11.6 Å². The van der Waals surface area contributed by atoms with Crippen molar-refractivity contribution in [2.24, 2.45) is 0 Å². The molecule has 0 aliphatic rings. The molecule has 29 heavy (non-hydrogen) atoms. The molecule has 0 saturated carbocycles. The van der Waals surface area contributed by atoms with Gasteiger partial charge in [-0.1, -0.05) is 49.4 Å². The lowest BCUT2D eigenvalue weighted by atomic mass is 9.92. The second-order valence-corrected chi connectivity index (χ2v) is 7.01. The number of hydrogen-bond acceptors (Lipinski definition) is 5. The first-order valence-electron chi connectivity index (χ1n) is 9.76. The highest BCUT2D eigenvalue weighted by Gasteiger charge is 2.15. The summed E-state index contributed by atoms with van der Waals surface area (Å²) in [6.45, 7) is 3.54. The number of phenolic OH excluding ortho intramolecular Hbond substituents is 1. The van der Waals surface area contributed by atoms with Crippen LogP contribution in [0.4, 0.5) is 0 Å². The van der Waals surface area contributed by atoms with Crippen LogP contribution in [0.5, 0.6) is 11.5 Å². The first-order chi connectivity index (χ1) is 14.1. The second kappa shape index (κ2) is 9.85. The molecule has 0 bridgehead atoms. The topological polar surface area (TPSA) is 58.5 Å². The number of phenols is 1. The van der Waals surface area contributed by atoms with Crippen molar-refractivity contribution in [3.63, 3.8) is 0 Å². The van der Waals surface area contributed by atoms with Crippen LogP contribution in [0.2, 0.25) is 0 Å². The summed E-state index contributed by atoms with van der Waals surface area (Å²) in [6.07, 6.45) is 4.26. The number of aromatic nitrogens is 2. The normalized spacial score (nSPS) is 12.0. The van der Waals surface area contributed by atoms with Crippen LogP contribution >= 0.6 is 0 Å². The second-order valence-electron chi connectivity index (χ2n) is 7.01. The monoisotopic (exact) mass is 389 g/mol. The number of benzene rings is 2. The Morgan fingerprint density at radius 3 is 2.17 bits per heavy atom. The van der Waals surface area contributed by atoms with Gasteiger partial charge in [-0.25, -0.2) is 9.97 Å². The van der Waals surface area contributed by atoms with Gasteiger partial charge in [0.25, 0.3) is 0 Å². The van der Waals surface area contributed by atoms with Gasteiger partial charge in [0, 0.05) is 12.1 Å². The Hall–Kier alpha value is -3.18. The lowest BCUT2D eigenvalue weighted by molar-refractivity contribution is 0.260. The van der Waals surface area contributed by atoms with Crippen LogP contribution in [-0.4, -0.2) is 47.2 Å². The van der Waals surface area contributed by atoms with E-state index in [-0.39, 0.29) is 5.75 Å². The molecule has 1 aromatic heterocycles. The summed E-state index contributed by atoms with van der Waals surface area (Å²) in [7, 11) is 4.01. The Labute approximate surface area is 172 Å². The van der Waals surface area contributed by atoms with E-state index in [2.05, 4.69) is 33.9 Å². The Morgan fingerprint density at radius 2 is 1.59 bits per heavy atom. The molecule has 2 aromatic carbocycles. The van der Waals surface area contributed by atoms with Crippen molar-refractivity contribution in [3.05, 3.63) is 83.9 Å². The highest BCUT2D eigenvalue weighted by Crippen LogP contribution is 2.33. The van der Waals surface area contributed by atoms with Crippen molar-refractivity contribution in [2.45, 2.75) is 13.3 Å². The molecular formula is C24H27N3O2. The van der Waals surface area contributed by atoms with E-state index in [1.54, 1.807) is 24.5 Å². The zero-order valence-electron chi connectivity index (χ0n) is 17.2. The quantitative estimate of drug-likeness (QED) is 0.575. The number of ether oxygens (including phenoxy) is 1. The smallest absolute Gasteiger partial charge is 0.160 e. The molecule has 0 aliphatic carbocycles. The molecule has 5 heteroatoms. The summed E-state index contributed by atoms with van der Waals surface area (Å²) in [4.78, 5) is 11.3. The van der Waals surface area contributed by atoms with Gasteiger partial charge in [-0.3, -0.25) is 0 Å². The third-order valence-electron chi connectivity index (χ3n) is 4.59. The molecule has 150 valence electrons. The Morgan fingerprint density at radius 1 is 0.931 bits per heavy atom. The van der Waals surface area contributed by atoms with Crippen LogP contribution in [-0.2, 0) is 0 Å². The standard InChI is InChI=1S/C24H27N3O2/c1-4-22(18-8-6-5-7-9-18)23(19-10-12-20(28)13-11-19)24-25-16-21(17-26-24)29-15-14-27(2)3/h5-13,16-17,28H,4,14-15H2,1-3H3. The van der Waals surface area contributed by atoms with Crippen LogP contribution in [0, 0.1) is 0 Å². The molecule has 3 rings (SSSR count). The fourth-order valence-corrected chi connectivity index (χ4v) is 3.10. The fraction of sp³-hybridized carbons (Fsp3) is 0.250. The van der Waals surface area contributed by atoms with Crippen LogP contribution in [0.15, 0.2) is 67.0 Å². The predicted molar refractivity (Wildman–Crippen MR) is 117 cm³/mol. The van der Waals surface area contributed by atoms with Crippen molar-refractivity contribution in [2.75, 3.05) is 27.2 Å². The predicted octanol–water partition coefficient (Wildman–Crippen LogP) is 4.49. The first-order valence-corrected chi connectivity index (χ1v) is 9.76. The summed E-state index contributed by atoms with van der Waals surface area (Å²) in [6, 6.07) is 17.4. The number of rotatable bonds is 8. The molecule has 0 saturated heterocycles. The Balaban J connectivity index is 2.02. The first kappa shape index (κ1) is 20.6. The maximum absolute atomic E-state index is 9.71. The Kier molecular flexibility index (Phi) is 6.98. The molecule has 5 nitrogen and oxygen atoms in total. The van der Waals surface area contributed by atoms with Gasteiger partial charge in [-0.05, 0) is 49.3 Å². The summed E-state index contributed by atoms with van der Waals surface area (Å²) in [5, 5.41) is 9.71. The van der Waals surface area contributed by atoms with E-state index in [1.807, 2.05) is 44.4 Å². The number of allylic oxidation sites excluding steroid dienone is 1. The summed E-state index contributed by atoms with van der Waals surface area (Å²) in [5.41, 5.74) is 4.20. The molecular weight excluding hydrogens is 362 g/mol. The van der Waals surface area contributed by atoms with Gasteiger partial charge in [0.2, 0.25) is 0 Å². The van der Waals surface area contributed by atoms with Gasteiger partial charge in [0.05, 0.1) is 12.4 Å². The van der Waals surface area contributed by atoms with Crippen molar-refractivity contribution in [1.82, 2.24) is 14.9 Å². The summed E-state index contributed by atoms with van der Waals surface area (Å²) in [5.74, 6) is 1.52.